The molecule has 0 aromatic heterocycles. The van der Waals surface area contributed by atoms with Crippen LogP contribution in [0.2, 0.25) is 0 Å². The number of aryl methyl sites for hydroxylation is 1. The minimum Gasteiger partial charge on any atom is -0.383 e. The maximum atomic E-state index is 14.2. The van der Waals surface area contributed by atoms with Crippen LogP contribution in [0.1, 0.15) is 38.8 Å². The summed E-state index contributed by atoms with van der Waals surface area (Å²) >= 11 is 0. The van der Waals surface area contributed by atoms with E-state index in [1.807, 2.05) is 32.1 Å². The largest absolute Gasteiger partial charge is 0.383 e. The van der Waals surface area contributed by atoms with Gasteiger partial charge in [-0.25, -0.2) is 4.39 Å². The molecule has 0 aliphatic rings. The second-order valence-electron chi connectivity index (χ2n) is 6.27. The lowest BCUT2D eigenvalue weighted by atomic mass is 9.98. The Hall–Kier alpha value is -1.71. The van der Waals surface area contributed by atoms with Crippen molar-refractivity contribution in [2.75, 3.05) is 20.3 Å². The maximum absolute atomic E-state index is 14.2. The van der Waals surface area contributed by atoms with Crippen LogP contribution in [0.15, 0.2) is 47.6 Å². The number of nitrogens with one attached hydrogen (secondary N) is 1. The molecule has 0 radical (unpaired) electrons. The first-order valence-corrected chi connectivity index (χ1v) is 8.39. The van der Waals surface area contributed by atoms with Crippen molar-refractivity contribution in [1.82, 2.24) is 5.32 Å². The number of methoxy groups -OCH3 is 1. The summed E-state index contributed by atoms with van der Waals surface area (Å²) in [6, 6.07) is 5.47. The van der Waals surface area contributed by atoms with Crippen molar-refractivity contribution in [1.29, 1.82) is 0 Å². The number of hydrogen-bond donors (Lipinski definition) is 1. The van der Waals surface area contributed by atoms with Crippen molar-refractivity contribution in [3.05, 3.63) is 64.5 Å². The Morgan fingerprint density at radius 1 is 1.29 bits per heavy atom. The minimum atomic E-state index is -0.182. The van der Waals surface area contributed by atoms with Gasteiger partial charge in [0.1, 0.15) is 5.82 Å². The van der Waals surface area contributed by atoms with E-state index in [1.165, 1.54) is 17.2 Å². The molecule has 1 aromatic rings. The predicted octanol–water partition coefficient (Wildman–Crippen LogP) is 5.05. The van der Waals surface area contributed by atoms with Gasteiger partial charge in [-0.05, 0) is 57.4 Å². The van der Waals surface area contributed by atoms with Crippen molar-refractivity contribution in [3.63, 3.8) is 0 Å². The van der Waals surface area contributed by atoms with E-state index in [0.717, 1.165) is 17.7 Å². The molecular formula is C21H30FNO. The Morgan fingerprint density at radius 2 is 2.00 bits per heavy atom. The molecule has 132 valence electrons. The smallest absolute Gasteiger partial charge is 0.131 e. The molecule has 1 N–H and O–H groups in total. The summed E-state index contributed by atoms with van der Waals surface area (Å²) in [6.45, 7) is 11.6. The van der Waals surface area contributed by atoms with E-state index in [1.54, 1.807) is 13.2 Å². The lowest BCUT2D eigenvalue weighted by Gasteiger charge is -2.14. The van der Waals surface area contributed by atoms with E-state index in [2.05, 4.69) is 32.2 Å². The zero-order chi connectivity index (χ0) is 18.1. The SMILES string of the molecule is C/C=C(\C=C/C(CNC(C)COC)=C(C)C)c1c(C)cccc1F. The minimum absolute atomic E-state index is 0.182. The van der Waals surface area contributed by atoms with Gasteiger partial charge in [0, 0.05) is 25.3 Å². The fraction of sp³-hybridized carbons (Fsp3) is 0.429. The van der Waals surface area contributed by atoms with Crippen molar-refractivity contribution in [2.24, 2.45) is 0 Å². The summed E-state index contributed by atoms with van der Waals surface area (Å²) in [4.78, 5) is 0. The molecule has 0 spiro atoms. The number of halogens is 1. The molecule has 2 nitrogen and oxygen atoms in total. The molecule has 0 amide bonds. The summed E-state index contributed by atoms with van der Waals surface area (Å²) in [5.74, 6) is -0.182. The third-order valence-corrected chi connectivity index (χ3v) is 3.99. The molecule has 0 saturated heterocycles. The number of hydrogen-bond acceptors (Lipinski definition) is 2. The van der Waals surface area contributed by atoms with Gasteiger partial charge in [0.05, 0.1) is 6.61 Å². The van der Waals surface area contributed by atoms with E-state index in [4.69, 9.17) is 4.74 Å². The van der Waals surface area contributed by atoms with E-state index >= 15 is 0 Å². The highest BCUT2D eigenvalue weighted by molar-refractivity contribution is 5.76. The molecule has 0 bridgehead atoms. The predicted molar refractivity (Wildman–Crippen MR) is 102 cm³/mol. The Bertz CT molecular complexity index is 604. The molecule has 1 atom stereocenters. The number of ether oxygens (including phenoxy) is 1. The number of allylic oxidation sites excluding steroid dienone is 4. The highest BCUT2D eigenvalue weighted by atomic mass is 19.1. The van der Waals surface area contributed by atoms with Crippen LogP contribution in [0, 0.1) is 12.7 Å². The summed E-state index contributed by atoms with van der Waals surface area (Å²) in [5.41, 5.74) is 4.95. The molecule has 1 aromatic carbocycles. The van der Waals surface area contributed by atoms with Crippen LogP contribution >= 0.6 is 0 Å². The average Bonchev–Trinajstić information content (AvgIpc) is 2.52. The molecule has 1 unspecified atom stereocenters. The molecular weight excluding hydrogens is 301 g/mol. The van der Waals surface area contributed by atoms with E-state index in [-0.39, 0.29) is 11.9 Å². The van der Waals surface area contributed by atoms with Crippen molar-refractivity contribution in [3.8, 4) is 0 Å². The molecule has 0 saturated carbocycles. The van der Waals surface area contributed by atoms with Gasteiger partial charge in [-0.1, -0.05) is 35.9 Å². The Labute approximate surface area is 146 Å². The van der Waals surface area contributed by atoms with Gasteiger partial charge in [0.2, 0.25) is 0 Å². The van der Waals surface area contributed by atoms with E-state index < -0.39 is 0 Å². The van der Waals surface area contributed by atoms with Gasteiger partial charge in [-0.15, -0.1) is 0 Å². The second-order valence-corrected chi connectivity index (χ2v) is 6.27. The van der Waals surface area contributed by atoms with Crippen LogP contribution < -0.4 is 5.32 Å². The first kappa shape index (κ1) is 20.3. The Kier molecular flexibility index (Phi) is 8.66. The summed E-state index contributed by atoms with van der Waals surface area (Å²) in [7, 11) is 1.70. The molecule has 0 aliphatic carbocycles. The fourth-order valence-electron chi connectivity index (χ4n) is 2.51. The van der Waals surface area contributed by atoms with Crippen LogP contribution in [-0.2, 0) is 4.74 Å². The molecule has 3 heteroatoms. The lowest BCUT2D eigenvalue weighted by molar-refractivity contribution is 0.173. The Balaban J connectivity index is 2.95. The van der Waals surface area contributed by atoms with Crippen molar-refractivity contribution >= 4 is 5.57 Å². The Morgan fingerprint density at radius 3 is 2.54 bits per heavy atom. The molecule has 24 heavy (non-hydrogen) atoms. The monoisotopic (exact) mass is 331 g/mol. The zero-order valence-corrected chi connectivity index (χ0v) is 15.7. The average molecular weight is 331 g/mol. The van der Waals surface area contributed by atoms with Crippen LogP contribution in [0.4, 0.5) is 4.39 Å². The normalized spacial score (nSPS) is 13.4. The van der Waals surface area contributed by atoms with Gasteiger partial charge in [-0.3, -0.25) is 0 Å². The van der Waals surface area contributed by atoms with Gasteiger partial charge >= 0.3 is 0 Å². The zero-order valence-electron chi connectivity index (χ0n) is 15.7. The fourth-order valence-corrected chi connectivity index (χ4v) is 2.51. The first-order valence-electron chi connectivity index (χ1n) is 8.39. The summed E-state index contributed by atoms with van der Waals surface area (Å²) < 4.78 is 19.3. The van der Waals surface area contributed by atoms with Crippen molar-refractivity contribution in [2.45, 2.75) is 40.7 Å². The molecule has 0 fully saturated rings. The van der Waals surface area contributed by atoms with Crippen LogP contribution in [-0.4, -0.2) is 26.3 Å². The third kappa shape index (κ3) is 6.06. The van der Waals surface area contributed by atoms with Crippen LogP contribution in [0.3, 0.4) is 0 Å². The van der Waals surface area contributed by atoms with Gasteiger partial charge in [0.15, 0.2) is 0 Å². The molecule has 1 rings (SSSR count). The van der Waals surface area contributed by atoms with Crippen molar-refractivity contribution < 1.29 is 9.13 Å². The molecule has 0 aliphatic heterocycles. The third-order valence-electron chi connectivity index (χ3n) is 3.99. The molecule has 0 heterocycles. The lowest BCUT2D eigenvalue weighted by Crippen LogP contribution is -2.31. The topological polar surface area (TPSA) is 21.3 Å². The van der Waals surface area contributed by atoms with Crippen LogP contribution in [0.25, 0.3) is 5.57 Å². The van der Waals surface area contributed by atoms with Gasteiger partial charge in [-0.2, -0.15) is 0 Å². The second kappa shape index (κ2) is 10.2. The van der Waals surface area contributed by atoms with E-state index in [0.29, 0.717) is 12.2 Å². The van der Waals surface area contributed by atoms with E-state index in [9.17, 15) is 4.39 Å². The summed E-state index contributed by atoms with van der Waals surface area (Å²) in [5, 5.41) is 3.44. The van der Waals surface area contributed by atoms with Crippen LogP contribution in [0.5, 0.6) is 0 Å². The summed E-state index contributed by atoms with van der Waals surface area (Å²) in [6.07, 6.45) is 6.02. The van der Waals surface area contributed by atoms with Gasteiger partial charge < -0.3 is 10.1 Å². The standard InChI is InChI=1S/C21H30FNO/c1-7-18(21-16(4)9-8-10-20(21)22)11-12-19(15(2)3)13-23-17(5)14-24-6/h7-12,17,23H,13-14H2,1-6H3/b12-11-,18-7+. The highest BCUT2D eigenvalue weighted by Crippen LogP contribution is 2.24. The quantitative estimate of drug-likeness (QED) is 0.673. The maximum Gasteiger partial charge on any atom is 0.131 e. The first-order chi connectivity index (χ1) is 11.4. The number of rotatable bonds is 8. The highest BCUT2D eigenvalue weighted by Gasteiger charge is 2.08. The van der Waals surface area contributed by atoms with Gasteiger partial charge in [0.25, 0.3) is 0 Å². The number of benzene rings is 1.